The van der Waals surface area contributed by atoms with Crippen LogP contribution in [0.4, 0.5) is 15.8 Å². The normalized spacial score (nSPS) is 11.7. The SMILES string of the molecule is CCn1c(-c2ccc(NS(=O)(=O)CCCCl)cc2)c(N)c2ccc(OCCF)cc21. The van der Waals surface area contributed by atoms with E-state index in [1.807, 2.05) is 31.2 Å². The quantitative estimate of drug-likeness (QED) is 0.438. The summed E-state index contributed by atoms with van der Waals surface area (Å²) in [5, 5.41) is 0.880. The van der Waals surface area contributed by atoms with Crippen molar-refractivity contribution < 1.29 is 17.5 Å². The summed E-state index contributed by atoms with van der Waals surface area (Å²) in [5.41, 5.74) is 10.1. The summed E-state index contributed by atoms with van der Waals surface area (Å²) in [7, 11) is -3.43. The summed E-state index contributed by atoms with van der Waals surface area (Å²) in [5.74, 6) is 0.851. The molecule has 1 aromatic heterocycles. The van der Waals surface area contributed by atoms with Gasteiger partial charge in [0.2, 0.25) is 10.0 Å². The van der Waals surface area contributed by atoms with Crippen molar-refractivity contribution in [2.24, 2.45) is 0 Å². The molecule has 0 radical (unpaired) electrons. The van der Waals surface area contributed by atoms with Gasteiger partial charge in [-0.15, -0.1) is 11.6 Å². The van der Waals surface area contributed by atoms with Gasteiger partial charge < -0.3 is 15.0 Å². The number of benzene rings is 2. The Hall–Kier alpha value is -2.45. The van der Waals surface area contributed by atoms with Gasteiger partial charge in [0, 0.05) is 35.1 Å². The van der Waals surface area contributed by atoms with Crippen LogP contribution >= 0.6 is 11.6 Å². The van der Waals surface area contributed by atoms with Gasteiger partial charge >= 0.3 is 0 Å². The highest BCUT2D eigenvalue weighted by Crippen LogP contribution is 2.38. The first-order valence-electron chi connectivity index (χ1n) is 9.67. The van der Waals surface area contributed by atoms with Gasteiger partial charge in [0.05, 0.1) is 22.7 Å². The number of nitrogens with one attached hydrogen (secondary N) is 1. The maximum absolute atomic E-state index is 12.4. The van der Waals surface area contributed by atoms with E-state index in [-0.39, 0.29) is 12.4 Å². The molecule has 1 heterocycles. The Kier molecular flexibility index (Phi) is 7.10. The fraction of sp³-hybridized carbons (Fsp3) is 0.333. The molecular weight excluding hydrogens is 429 g/mol. The molecule has 0 aliphatic rings. The standard InChI is InChI=1S/C21H25ClFN3O3S/c1-2-26-19-14-17(29-12-11-23)8-9-18(19)20(24)21(26)15-4-6-16(7-5-15)25-30(27,28)13-3-10-22/h4-9,14,25H,2-3,10-13,24H2,1H3. The predicted molar refractivity (Wildman–Crippen MR) is 122 cm³/mol. The van der Waals surface area contributed by atoms with Crippen LogP contribution in [-0.2, 0) is 16.6 Å². The molecule has 0 amide bonds. The zero-order valence-corrected chi connectivity index (χ0v) is 18.3. The van der Waals surface area contributed by atoms with Crippen molar-refractivity contribution in [1.29, 1.82) is 0 Å². The van der Waals surface area contributed by atoms with Crippen molar-refractivity contribution in [3.8, 4) is 17.0 Å². The van der Waals surface area contributed by atoms with Crippen LogP contribution in [0.2, 0.25) is 0 Å². The molecule has 0 fully saturated rings. The Morgan fingerprint density at radius 3 is 2.57 bits per heavy atom. The molecular formula is C21H25ClFN3O3S. The van der Waals surface area contributed by atoms with Gasteiger partial charge in [-0.05, 0) is 37.6 Å². The molecule has 0 spiro atoms. The molecule has 3 N–H and O–H groups in total. The maximum Gasteiger partial charge on any atom is 0.232 e. The molecule has 0 saturated carbocycles. The summed E-state index contributed by atoms with van der Waals surface area (Å²) in [6, 6.07) is 12.6. The lowest BCUT2D eigenvalue weighted by atomic mass is 10.1. The van der Waals surface area contributed by atoms with E-state index in [1.165, 1.54) is 0 Å². The van der Waals surface area contributed by atoms with Crippen LogP contribution in [0.5, 0.6) is 5.75 Å². The fourth-order valence-corrected chi connectivity index (χ4v) is 4.83. The van der Waals surface area contributed by atoms with E-state index in [4.69, 9.17) is 22.1 Å². The molecule has 0 atom stereocenters. The van der Waals surface area contributed by atoms with Crippen LogP contribution in [0.15, 0.2) is 42.5 Å². The van der Waals surface area contributed by atoms with E-state index in [0.717, 1.165) is 22.2 Å². The van der Waals surface area contributed by atoms with Crippen molar-refractivity contribution in [3.05, 3.63) is 42.5 Å². The van der Waals surface area contributed by atoms with Crippen LogP contribution < -0.4 is 15.2 Å². The third-order valence-corrected chi connectivity index (χ3v) is 6.36. The number of nitrogens with zero attached hydrogens (tertiary/aromatic N) is 1. The Morgan fingerprint density at radius 2 is 1.93 bits per heavy atom. The summed E-state index contributed by atoms with van der Waals surface area (Å²) in [6.07, 6.45) is 0.388. The van der Waals surface area contributed by atoms with Crippen molar-refractivity contribution >= 4 is 43.9 Å². The molecule has 2 aromatic carbocycles. The van der Waals surface area contributed by atoms with Crippen molar-refractivity contribution in [2.75, 3.05) is 35.4 Å². The molecule has 0 aliphatic heterocycles. The minimum atomic E-state index is -3.43. The first kappa shape index (κ1) is 22.2. The smallest absolute Gasteiger partial charge is 0.232 e. The van der Waals surface area contributed by atoms with E-state index in [0.29, 0.717) is 36.0 Å². The largest absolute Gasteiger partial charge is 0.491 e. The second-order valence-electron chi connectivity index (χ2n) is 6.76. The average molecular weight is 454 g/mol. The number of aryl methyl sites for hydroxylation is 1. The molecule has 6 nitrogen and oxygen atoms in total. The van der Waals surface area contributed by atoms with E-state index < -0.39 is 16.7 Å². The number of anilines is 2. The predicted octanol–water partition coefficient (Wildman–Crippen LogP) is 4.63. The van der Waals surface area contributed by atoms with Crippen molar-refractivity contribution in [3.63, 3.8) is 0 Å². The highest BCUT2D eigenvalue weighted by atomic mass is 35.5. The summed E-state index contributed by atoms with van der Waals surface area (Å²) >= 11 is 5.58. The number of hydrogen-bond donors (Lipinski definition) is 2. The Labute approximate surface area is 180 Å². The molecule has 9 heteroatoms. The number of aromatic nitrogens is 1. The lowest BCUT2D eigenvalue weighted by molar-refractivity contribution is 0.273. The first-order chi connectivity index (χ1) is 14.4. The maximum atomic E-state index is 12.4. The van der Waals surface area contributed by atoms with Gasteiger partial charge in [0.25, 0.3) is 0 Å². The Balaban J connectivity index is 1.95. The molecule has 0 bridgehead atoms. The van der Waals surface area contributed by atoms with E-state index in [1.54, 1.807) is 18.2 Å². The van der Waals surface area contributed by atoms with Crippen LogP contribution in [-0.4, -0.2) is 37.9 Å². The number of ether oxygens (including phenoxy) is 1. The van der Waals surface area contributed by atoms with E-state index in [2.05, 4.69) is 9.29 Å². The number of alkyl halides is 2. The second kappa shape index (κ2) is 9.57. The highest BCUT2D eigenvalue weighted by molar-refractivity contribution is 7.92. The van der Waals surface area contributed by atoms with Gasteiger partial charge in [0.15, 0.2) is 0 Å². The van der Waals surface area contributed by atoms with E-state index >= 15 is 0 Å². The van der Waals surface area contributed by atoms with Crippen LogP contribution in [0, 0.1) is 0 Å². The number of halogens is 2. The van der Waals surface area contributed by atoms with Gasteiger partial charge in [-0.3, -0.25) is 4.72 Å². The lowest BCUT2D eigenvalue weighted by Crippen LogP contribution is -2.16. The number of sulfonamides is 1. The van der Waals surface area contributed by atoms with E-state index in [9.17, 15) is 12.8 Å². The van der Waals surface area contributed by atoms with Gasteiger partial charge in [-0.2, -0.15) is 0 Å². The minimum absolute atomic E-state index is 0.00292. The number of hydrogen-bond acceptors (Lipinski definition) is 4. The molecule has 30 heavy (non-hydrogen) atoms. The van der Waals surface area contributed by atoms with Crippen LogP contribution in [0.25, 0.3) is 22.2 Å². The second-order valence-corrected chi connectivity index (χ2v) is 8.98. The molecule has 3 aromatic rings. The van der Waals surface area contributed by atoms with Crippen molar-refractivity contribution in [2.45, 2.75) is 19.9 Å². The van der Waals surface area contributed by atoms with Crippen molar-refractivity contribution in [1.82, 2.24) is 4.57 Å². The average Bonchev–Trinajstić information content (AvgIpc) is 3.02. The zero-order chi connectivity index (χ0) is 21.7. The zero-order valence-electron chi connectivity index (χ0n) is 16.7. The van der Waals surface area contributed by atoms with Gasteiger partial charge in [0.1, 0.15) is 19.0 Å². The monoisotopic (exact) mass is 453 g/mol. The summed E-state index contributed by atoms with van der Waals surface area (Å²) < 4.78 is 46.6. The molecule has 162 valence electrons. The summed E-state index contributed by atoms with van der Waals surface area (Å²) in [6.45, 7) is 2.13. The first-order valence-corrected chi connectivity index (χ1v) is 11.9. The number of nitrogen functional groups attached to an aromatic ring is 1. The van der Waals surface area contributed by atoms with Gasteiger partial charge in [-0.25, -0.2) is 12.8 Å². The molecule has 0 aliphatic carbocycles. The summed E-state index contributed by atoms with van der Waals surface area (Å²) in [4.78, 5) is 0. The van der Waals surface area contributed by atoms with Crippen LogP contribution in [0.3, 0.4) is 0 Å². The number of nitrogens with two attached hydrogens (primary N) is 1. The minimum Gasteiger partial charge on any atom is -0.491 e. The fourth-order valence-electron chi connectivity index (χ4n) is 3.41. The van der Waals surface area contributed by atoms with Crippen LogP contribution in [0.1, 0.15) is 13.3 Å². The lowest BCUT2D eigenvalue weighted by Gasteiger charge is -2.11. The Morgan fingerprint density at radius 1 is 1.20 bits per heavy atom. The molecule has 0 unspecified atom stereocenters. The number of rotatable bonds is 10. The Bertz CT molecular complexity index is 1110. The van der Waals surface area contributed by atoms with Gasteiger partial charge in [-0.1, -0.05) is 12.1 Å². The topological polar surface area (TPSA) is 86.4 Å². The third-order valence-electron chi connectivity index (χ3n) is 4.72. The molecule has 3 rings (SSSR count). The third kappa shape index (κ3) is 4.82. The number of fused-ring (bicyclic) bond motifs is 1. The highest BCUT2D eigenvalue weighted by Gasteiger charge is 2.17. The molecule has 0 saturated heterocycles.